The summed E-state index contributed by atoms with van der Waals surface area (Å²) >= 11 is 8.15. The fourth-order valence-corrected chi connectivity index (χ4v) is 35.7. The zero-order valence-corrected chi connectivity index (χ0v) is 67.4. The molecule has 8 aliphatic rings. The van der Waals surface area contributed by atoms with Crippen molar-refractivity contribution in [3.63, 3.8) is 0 Å². The Labute approximate surface area is 621 Å². The van der Waals surface area contributed by atoms with Crippen LogP contribution in [0.25, 0.3) is 11.1 Å². The van der Waals surface area contributed by atoms with Crippen molar-refractivity contribution in [2.24, 2.45) is 11.8 Å². The molecule has 0 aromatic heterocycles. The molecule has 0 radical (unpaired) electrons. The van der Waals surface area contributed by atoms with Crippen LogP contribution in [0, 0.1) is 25.7 Å². The maximum absolute atomic E-state index is 5.51. The van der Waals surface area contributed by atoms with E-state index in [-0.39, 0.29) is 48.8 Å². The van der Waals surface area contributed by atoms with Gasteiger partial charge in [0.05, 0.1) is 13.2 Å². The maximum Gasteiger partial charge on any atom is 0.0618 e. The summed E-state index contributed by atoms with van der Waals surface area (Å²) in [5.74, 6) is 1.40. The molecule has 6 saturated carbocycles. The van der Waals surface area contributed by atoms with Gasteiger partial charge in [0.1, 0.15) is 0 Å². The second-order valence-corrected chi connectivity index (χ2v) is 42.9. The van der Waals surface area contributed by atoms with Crippen LogP contribution in [-0.4, -0.2) is 119 Å². The fraction of sp³-hybridized carbons (Fsp3) is 0.581. The minimum atomic E-state index is -0.348. The average molecular weight is 1550 g/mol. The molecular formula is C86H118Br2FeN2O2P4. The van der Waals surface area contributed by atoms with E-state index in [0.717, 1.165) is 47.2 Å². The summed E-state index contributed by atoms with van der Waals surface area (Å²) in [5.41, 5.74) is 11.9. The number of hydrogen-bond acceptors (Lipinski definition) is 4. The zero-order chi connectivity index (χ0) is 66.0. The van der Waals surface area contributed by atoms with E-state index in [2.05, 4.69) is 213 Å². The van der Waals surface area contributed by atoms with Gasteiger partial charge in [-0.25, -0.2) is 0 Å². The Balaban J connectivity index is 0.000000151. The van der Waals surface area contributed by atoms with Gasteiger partial charge in [-0.05, 0) is 245 Å². The molecule has 11 heteroatoms. The van der Waals surface area contributed by atoms with E-state index in [4.69, 9.17) is 9.47 Å². The second-order valence-electron chi connectivity index (χ2n) is 30.1. The molecule has 8 fully saturated rings. The molecule has 4 nitrogen and oxygen atoms in total. The minimum absolute atomic E-state index is 0. The summed E-state index contributed by atoms with van der Waals surface area (Å²) in [4.78, 5) is 6.67. The first-order valence-electron chi connectivity index (χ1n) is 38.6. The Kier molecular flexibility index (Phi) is 31.1. The quantitative estimate of drug-likeness (QED) is 0.0407. The van der Waals surface area contributed by atoms with E-state index in [9.17, 15) is 0 Å². The van der Waals surface area contributed by atoms with E-state index in [1.807, 2.05) is 24.8 Å². The van der Waals surface area contributed by atoms with Crippen molar-refractivity contribution in [1.29, 1.82) is 0 Å². The van der Waals surface area contributed by atoms with E-state index in [0.29, 0.717) is 33.6 Å². The van der Waals surface area contributed by atoms with Crippen molar-refractivity contribution in [2.75, 3.05) is 53.6 Å². The van der Waals surface area contributed by atoms with E-state index < -0.39 is 0 Å². The Morgan fingerprint density at radius 2 is 0.649 bits per heavy atom. The standard InChI is InChI=1S/C38H56P2.2C24H31BrNOP.Fe/c1-29-17-15-27-35(39(31-19-7-3-8-20-31)32-21-9-4-10-22-32)37(29)38-30(2)18-16-28-36(38)40(33-23-11-5-12-24-33)34-25-13-6-14-26-34;2*1-27-18-19-9-8-16-26(19)17-22-23(25)14-15-24(22)28(20-10-4-2-5-11-20)21-12-6-3-7-13-21;/h15-18,27-28,31-34H,3-14,19-26H2,1-2H3;2*2-7,10-13,19,22-24H,8-9,14-18H2,1H3;/t;19-,22?,23?,24?;;/m.0../s1. The predicted octanol–water partition coefficient (Wildman–Crippen LogP) is 21.1. The topological polar surface area (TPSA) is 24.9 Å². The molecule has 6 aromatic carbocycles. The number of hydrogen-bond donors (Lipinski definition) is 0. The van der Waals surface area contributed by atoms with E-state index in [1.54, 1.807) is 22.3 Å². The molecule has 6 aliphatic carbocycles. The Morgan fingerprint density at radius 3 is 0.938 bits per heavy atom. The summed E-state index contributed by atoms with van der Waals surface area (Å²) in [7, 11) is 2.75. The van der Waals surface area contributed by atoms with Gasteiger partial charge in [-0.2, -0.15) is 0 Å². The van der Waals surface area contributed by atoms with Crippen LogP contribution >= 0.6 is 63.5 Å². The molecule has 2 heterocycles. The smallest absolute Gasteiger partial charge is 0.0618 e. The van der Waals surface area contributed by atoms with Crippen LogP contribution in [0.2, 0.25) is 0 Å². The number of aryl methyl sites for hydroxylation is 2. The minimum Gasteiger partial charge on any atom is -0.383 e. The molecular weight excluding hydrogens is 1430 g/mol. The van der Waals surface area contributed by atoms with Gasteiger partial charge in [-0.1, -0.05) is 282 Å². The first-order valence-corrected chi connectivity index (χ1v) is 46.2. The number of rotatable bonds is 21. The van der Waals surface area contributed by atoms with Crippen molar-refractivity contribution >= 4 is 95.4 Å². The maximum atomic E-state index is 5.51. The number of likely N-dealkylation sites (tertiary alicyclic amines) is 2. The number of methoxy groups -OCH3 is 2. The molecule has 2 aliphatic heterocycles. The molecule has 7 unspecified atom stereocenters. The van der Waals surface area contributed by atoms with Crippen molar-refractivity contribution in [3.05, 3.63) is 169 Å². The normalized spacial score (nSPS) is 25.7. The predicted molar refractivity (Wildman–Crippen MR) is 431 cm³/mol. The summed E-state index contributed by atoms with van der Waals surface area (Å²) < 4.78 is 11.0. The molecule has 6 aromatic rings. The SMILES string of the molecule is COCC1CCCN1CC1C(Br)CCC1P(c1ccccc1)c1ccccc1.COC[C@@H]1CCCN1CC1C(Br)CCC1P(c1ccccc1)c1ccccc1.Cc1cccc(P(C2CCCCC2)C2CCCCC2)c1-c1c(C)cccc1P(C1CCCCC1)C1CCCCC1.[Fe]. The molecule has 2 saturated heterocycles. The molecule has 0 spiro atoms. The van der Waals surface area contributed by atoms with E-state index >= 15 is 0 Å². The third kappa shape index (κ3) is 19.7. The summed E-state index contributed by atoms with van der Waals surface area (Å²) in [6.07, 6.45) is 40.0. The van der Waals surface area contributed by atoms with Gasteiger partial charge in [0, 0.05) is 66.1 Å². The summed E-state index contributed by atoms with van der Waals surface area (Å²) in [5, 5.41) is 9.74. The van der Waals surface area contributed by atoms with Crippen LogP contribution in [0.4, 0.5) is 0 Å². The molecule has 14 rings (SSSR count). The average Bonchev–Trinajstić information content (AvgIpc) is 1.56. The Hall–Kier alpha value is -1.64. The van der Waals surface area contributed by atoms with Crippen molar-refractivity contribution in [2.45, 2.75) is 249 Å². The zero-order valence-electron chi connectivity index (χ0n) is 59.6. The third-order valence-electron chi connectivity index (χ3n) is 24.0. The number of alkyl halides is 2. The number of ether oxygens (including phenoxy) is 2. The van der Waals surface area contributed by atoms with Crippen LogP contribution in [0.3, 0.4) is 0 Å². The number of nitrogens with zero attached hydrogens (tertiary/aromatic N) is 2. The molecule has 0 amide bonds. The third-order valence-corrected chi connectivity index (χ3v) is 39.4. The van der Waals surface area contributed by atoms with Gasteiger partial charge in [0.25, 0.3) is 0 Å². The summed E-state index contributed by atoms with van der Waals surface area (Å²) in [6.45, 7) is 11.5. The van der Waals surface area contributed by atoms with Crippen LogP contribution in [0.5, 0.6) is 0 Å². The van der Waals surface area contributed by atoms with Gasteiger partial charge >= 0.3 is 0 Å². The van der Waals surface area contributed by atoms with Crippen molar-refractivity contribution < 1.29 is 26.5 Å². The van der Waals surface area contributed by atoms with Gasteiger partial charge < -0.3 is 9.47 Å². The van der Waals surface area contributed by atoms with Gasteiger partial charge in [0.2, 0.25) is 0 Å². The van der Waals surface area contributed by atoms with Crippen LogP contribution in [-0.2, 0) is 26.5 Å². The molecule has 0 bridgehead atoms. The monoisotopic (exact) mass is 1550 g/mol. The van der Waals surface area contributed by atoms with Crippen molar-refractivity contribution in [3.8, 4) is 11.1 Å². The molecule has 526 valence electrons. The molecule has 97 heavy (non-hydrogen) atoms. The van der Waals surface area contributed by atoms with Gasteiger partial charge in [-0.15, -0.1) is 0 Å². The van der Waals surface area contributed by atoms with E-state index in [1.165, 1.54) is 227 Å². The number of benzene rings is 6. The van der Waals surface area contributed by atoms with Crippen LogP contribution in [0.15, 0.2) is 158 Å². The molecule has 0 N–H and O–H groups in total. The summed E-state index contributed by atoms with van der Waals surface area (Å²) in [6, 6.07) is 61.3. The first-order chi connectivity index (χ1) is 47.3. The van der Waals surface area contributed by atoms with Gasteiger partial charge in [0.15, 0.2) is 0 Å². The van der Waals surface area contributed by atoms with Crippen molar-refractivity contribution in [1.82, 2.24) is 9.80 Å². The second kappa shape index (κ2) is 39.5. The number of halogens is 2. The van der Waals surface area contributed by atoms with Crippen LogP contribution < -0.4 is 31.8 Å². The first kappa shape index (κ1) is 76.5. The molecule has 8 atom stereocenters. The Bertz CT molecular complexity index is 2890. The van der Waals surface area contributed by atoms with Gasteiger partial charge in [-0.3, -0.25) is 9.80 Å². The Morgan fingerprint density at radius 1 is 0.351 bits per heavy atom. The largest absolute Gasteiger partial charge is 0.383 e. The van der Waals surface area contributed by atoms with Crippen LogP contribution in [0.1, 0.15) is 191 Å². The fourth-order valence-electron chi connectivity index (χ4n) is 19.3.